The molecule has 7 nitrogen and oxygen atoms in total. The molecule has 2 amide bonds. The van der Waals surface area contributed by atoms with Gasteiger partial charge in [0, 0.05) is 25.6 Å². The third kappa shape index (κ3) is 4.10. The second kappa shape index (κ2) is 8.02. The van der Waals surface area contributed by atoms with Crippen molar-refractivity contribution in [2.45, 2.75) is 58.1 Å². The van der Waals surface area contributed by atoms with Gasteiger partial charge in [0.2, 0.25) is 16.9 Å². The first kappa shape index (κ1) is 17.3. The molecule has 8 heteroatoms. The summed E-state index contributed by atoms with van der Waals surface area (Å²) in [6.07, 6.45) is 6.04. The number of nitrogens with zero attached hydrogens (tertiary/aromatic N) is 3. The van der Waals surface area contributed by atoms with Crippen molar-refractivity contribution in [3.63, 3.8) is 0 Å². The fourth-order valence-corrected chi connectivity index (χ4v) is 4.09. The van der Waals surface area contributed by atoms with E-state index < -0.39 is 0 Å². The zero-order valence-electron chi connectivity index (χ0n) is 14.0. The standard InChI is InChI=1S/C16H24N4O3S/c1-2-23-10-13-18-19-16(24-13)17-15(22)11-8-14(21)20(9-11)12-6-4-3-5-7-12/h11-12H,2-10H2,1H3,(H,17,19,22)/t11-/m0/s1. The summed E-state index contributed by atoms with van der Waals surface area (Å²) < 4.78 is 5.28. The van der Waals surface area contributed by atoms with Crippen molar-refractivity contribution >= 4 is 28.3 Å². The van der Waals surface area contributed by atoms with Gasteiger partial charge in [0.05, 0.1) is 5.92 Å². The second-order valence-electron chi connectivity index (χ2n) is 6.37. The number of rotatable bonds is 6. The van der Waals surface area contributed by atoms with Gasteiger partial charge < -0.3 is 15.0 Å². The Morgan fingerprint density at radius 1 is 1.33 bits per heavy atom. The van der Waals surface area contributed by atoms with Crippen LogP contribution >= 0.6 is 11.3 Å². The summed E-state index contributed by atoms with van der Waals surface area (Å²) in [5.41, 5.74) is 0. The van der Waals surface area contributed by atoms with Gasteiger partial charge in [0.25, 0.3) is 0 Å². The van der Waals surface area contributed by atoms with Gasteiger partial charge in [-0.2, -0.15) is 0 Å². The Balaban J connectivity index is 1.53. The molecule has 3 rings (SSSR count). The zero-order chi connectivity index (χ0) is 16.9. The van der Waals surface area contributed by atoms with E-state index in [2.05, 4.69) is 15.5 Å². The van der Waals surface area contributed by atoms with Gasteiger partial charge in [-0.1, -0.05) is 30.6 Å². The van der Waals surface area contributed by atoms with Gasteiger partial charge in [0.1, 0.15) is 11.6 Å². The number of carbonyl (C=O) groups excluding carboxylic acids is 2. The SMILES string of the molecule is CCOCc1nnc(NC(=O)[C@H]2CC(=O)N(C3CCCCC3)C2)s1. The summed E-state index contributed by atoms with van der Waals surface area (Å²) >= 11 is 1.31. The van der Waals surface area contributed by atoms with E-state index in [0.29, 0.717) is 37.4 Å². The van der Waals surface area contributed by atoms with Crippen molar-refractivity contribution in [3.05, 3.63) is 5.01 Å². The molecule has 2 heterocycles. The average Bonchev–Trinajstić information content (AvgIpc) is 3.20. The largest absolute Gasteiger partial charge is 0.374 e. The first-order valence-electron chi connectivity index (χ1n) is 8.67. The molecule has 0 bridgehead atoms. The van der Waals surface area contributed by atoms with Crippen LogP contribution in [0.2, 0.25) is 0 Å². The molecular weight excluding hydrogens is 328 g/mol. The molecular formula is C16H24N4O3S. The topological polar surface area (TPSA) is 84.4 Å². The van der Waals surface area contributed by atoms with Crippen LogP contribution in [-0.4, -0.2) is 46.1 Å². The van der Waals surface area contributed by atoms with Crippen molar-refractivity contribution in [3.8, 4) is 0 Å². The lowest BCUT2D eigenvalue weighted by molar-refractivity contribution is -0.130. The highest BCUT2D eigenvalue weighted by atomic mass is 32.1. The molecule has 1 aromatic heterocycles. The van der Waals surface area contributed by atoms with Crippen molar-refractivity contribution in [1.82, 2.24) is 15.1 Å². The van der Waals surface area contributed by atoms with Gasteiger partial charge >= 0.3 is 0 Å². The maximum atomic E-state index is 12.4. The minimum atomic E-state index is -0.293. The monoisotopic (exact) mass is 352 g/mol. The minimum Gasteiger partial charge on any atom is -0.374 e. The number of likely N-dealkylation sites (tertiary alicyclic amines) is 1. The van der Waals surface area contributed by atoms with Gasteiger partial charge in [-0.25, -0.2) is 0 Å². The molecule has 0 unspecified atom stereocenters. The lowest BCUT2D eigenvalue weighted by atomic mass is 9.94. The number of amides is 2. The van der Waals surface area contributed by atoms with E-state index in [-0.39, 0.29) is 17.7 Å². The first-order chi connectivity index (χ1) is 11.7. The molecule has 1 saturated carbocycles. The molecule has 1 aliphatic heterocycles. The molecule has 0 aromatic carbocycles. The van der Waals surface area contributed by atoms with Crippen molar-refractivity contribution in [2.24, 2.45) is 5.92 Å². The number of aromatic nitrogens is 2. The molecule has 2 fully saturated rings. The number of anilines is 1. The number of hydrogen-bond acceptors (Lipinski definition) is 6. The second-order valence-corrected chi connectivity index (χ2v) is 7.43. The molecule has 1 aromatic rings. The average molecular weight is 352 g/mol. The van der Waals surface area contributed by atoms with Gasteiger partial charge in [-0.05, 0) is 19.8 Å². The van der Waals surface area contributed by atoms with E-state index in [1.165, 1.54) is 30.6 Å². The molecule has 1 aliphatic carbocycles. The predicted molar refractivity (Wildman–Crippen MR) is 90.6 cm³/mol. The molecule has 2 aliphatic rings. The fourth-order valence-electron chi connectivity index (χ4n) is 3.41. The Hall–Kier alpha value is -1.54. The number of carbonyl (C=O) groups is 2. The Bertz CT molecular complexity index is 586. The highest BCUT2D eigenvalue weighted by molar-refractivity contribution is 7.15. The maximum absolute atomic E-state index is 12.4. The Morgan fingerprint density at radius 2 is 2.12 bits per heavy atom. The smallest absolute Gasteiger partial charge is 0.231 e. The van der Waals surface area contributed by atoms with Crippen LogP contribution in [-0.2, 0) is 20.9 Å². The third-order valence-corrected chi connectivity index (χ3v) is 5.48. The predicted octanol–water partition coefficient (Wildman–Crippen LogP) is 2.19. The Labute approximate surface area is 145 Å². The number of nitrogens with one attached hydrogen (secondary N) is 1. The van der Waals surface area contributed by atoms with Crippen LogP contribution in [0.1, 0.15) is 50.5 Å². The lowest BCUT2D eigenvalue weighted by Crippen LogP contribution is -2.38. The molecule has 0 radical (unpaired) electrons. The van der Waals surface area contributed by atoms with Crippen LogP contribution < -0.4 is 5.32 Å². The Morgan fingerprint density at radius 3 is 2.88 bits per heavy atom. The summed E-state index contributed by atoms with van der Waals surface area (Å²) in [5.74, 6) is -0.323. The van der Waals surface area contributed by atoms with Crippen LogP contribution in [0.3, 0.4) is 0 Å². The van der Waals surface area contributed by atoms with Gasteiger partial charge in [0.15, 0.2) is 0 Å². The molecule has 0 spiro atoms. The van der Waals surface area contributed by atoms with Crippen LogP contribution in [0.5, 0.6) is 0 Å². The Kier molecular flexibility index (Phi) is 5.78. The van der Waals surface area contributed by atoms with Crippen molar-refractivity contribution in [2.75, 3.05) is 18.5 Å². The molecule has 1 atom stereocenters. The van der Waals surface area contributed by atoms with E-state index in [1.54, 1.807) is 0 Å². The van der Waals surface area contributed by atoms with E-state index >= 15 is 0 Å². The van der Waals surface area contributed by atoms with Crippen LogP contribution in [0.25, 0.3) is 0 Å². The summed E-state index contributed by atoms with van der Waals surface area (Å²) in [6, 6.07) is 0.323. The normalized spacial score (nSPS) is 22.1. The first-order valence-corrected chi connectivity index (χ1v) is 9.49. The van der Waals surface area contributed by atoms with Crippen LogP contribution in [0, 0.1) is 5.92 Å². The number of ether oxygens (including phenoxy) is 1. The van der Waals surface area contributed by atoms with Gasteiger partial charge in [-0.15, -0.1) is 10.2 Å². The van der Waals surface area contributed by atoms with E-state index in [4.69, 9.17) is 4.74 Å². The molecule has 1 N–H and O–H groups in total. The molecule has 24 heavy (non-hydrogen) atoms. The summed E-state index contributed by atoms with van der Waals surface area (Å²) in [5, 5.41) is 12.0. The summed E-state index contributed by atoms with van der Waals surface area (Å²) in [6.45, 7) is 3.46. The van der Waals surface area contributed by atoms with E-state index in [1.807, 2.05) is 11.8 Å². The molecule has 132 valence electrons. The van der Waals surface area contributed by atoms with Crippen LogP contribution in [0.15, 0.2) is 0 Å². The number of hydrogen-bond donors (Lipinski definition) is 1. The third-order valence-electron chi connectivity index (χ3n) is 4.67. The highest BCUT2D eigenvalue weighted by Gasteiger charge is 2.38. The minimum absolute atomic E-state index is 0.108. The van der Waals surface area contributed by atoms with E-state index in [0.717, 1.165) is 17.8 Å². The quantitative estimate of drug-likeness (QED) is 0.848. The summed E-state index contributed by atoms with van der Waals surface area (Å²) in [7, 11) is 0. The fraction of sp³-hybridized carbons (Fsp3) is 0.750. The lowest BCUT2D eigenvalue weighted by Gasteiger charge is -2.31. The molecule has 1 saturated heterocycles. The zero-order valence-corrected chi connectivity index (χ0v) is 14.8. The van der Waals surface area contributed by atoms with E-state index in [9.17, 15) is 9.59 Å². The summed E-state index contributed by atoms with van der Waals surface area (Å²) in [4.78, 5) is 26.6. The van der Waals surface area contributed by atoms with Gasteiger partial charge in [-0.3, -0.25) is 9.59 Å². The van der Waals surface area contributed by atoms with Crippen LogP contribution in [0.4, 0.5) is 5.13 Å². The maximum Gasteiger partial charge on any atom is 0.231 e. The van der Waals surface area contributed by atoms with Crippen molar-refractivity contribution < 1.29 is 14.3 Å². The van der Waals surface area contributed by atoms with Crippen molar-refractivity contribution in [1.29, 1.82) is 0 Å². The highest BCUT2D eigenvalue weighted by Crippen LogP contribution is 2.29.